The molecule has 0 aliphatic heterocycles. The highest BCUT2D eigenvalue weighted by molar-refractivity contribution is 9.10. The Kier molecular flexibility index (Phi) is 6.85. The Morgan fingerprint density at radius 1 is 1.39 bits per heavy atom. The van der Waals surface area contributed by atoms with E-state index in [1.165, 1.54) is 0 Å². The monoisotopic (exact) mass is 330 g/mol. The van der Waals surface area contributed by atoms with E-state index in [4.69, 9.17) is 17.0 Å². The van der Waals surface area contributed by atoms with Crippen LogP contribution in [0.3, 0.4) is 0 Å². The van der Waals surface area contributed by atoms with E-state index < -0.39 is 0 Å². The zero-order valence-corrected chi connectivity index (χ0v) is 12.4. The van der Waals surface area contributed by atoms with Crippen LogP contribution in [0.2, 0.25) is 0 Å². The summed E-state index contributed by atoms with van der Waals surface area (Å²) in [6.07, 6.45) is 0.838. The Bertz CT molecular complexity index is 409. The third-order valence-electron chi connectivity index (χ3n) is 2.14. The molecule has 0 bridgehead atoms. The van der Waals surface area contributed by atoms with Crippen molar-refractivity contribution in [3.8, 4) is 0 Å². The fraction of sp³-hybridized carbons (Fsp3) is 0.333. The number of halogens is 1. The number of rotatable bonds is 5. The molecule has 1 aromatic carbocycles. The van der Waals surface area contributed by atoms with Crippen molar-refractivity contribution >= 4 is 39.2 Å². The average molecular weight is 331 g/mol. The lowest BCUT2D eigenvalue weighted by atomic mass is 10.2. The van der Waals surface area contributed by atoms with Gasteiger partial charge in [0.15, 0.2) is 5.11 Å². The quantitative estimate of drug-likeness (QED) is 0.641. The number of carbonyl (C=O) groups is 1. The maximum Gasteiger partial charge on any atom is 0.257 e. The Morgan fingerprint density at radius 2 is 2.06 bits per heavy atom. The number of methoxy groups -OCH3 is 1. The van der Waals surface area contributed by atoms with Gasteiger partial charge < -0.3 is 10.1 Å². The van der Waals surface area contributed by atoms with Crippen LogP contribution in [0.5, 0.6) is 0 Å². The van der Waals surface area contributed by atoms with Crippen LogP contribution in [-0.4, -0.2) is 31.3 Å². The van der Waals surface area contributed by atoms with E-state index in [0.29, 0.717) is 23.8 Å². The van der Waals surface area contributed by atoms with E-state index in [2.05, 4.69) is 26.6 Å². The van der Waals surface area contributed by atoms with Crippen LogP contribution in [-0.2, 0) is 4.74 Å². The molecule has 1 amide bonds. The molecule has 0 atom stereocenters. The molecular weight excluding hydrogens is 316 g/mol. The van der Waals surface area contributed by atoms with Gasteiger partial charge in [0.25, 0.3) is 5.91 Å². The number of thiocarbonyl (C=S) groups is 1. The van der Waals surface area contributed by atoms with Crippen molar-refractivity contribution in [1.82, 2.24) is 10.6 Å². The van der Waals surface area contributed by atoms with Gasteiger partial charge >= 0.3 is 0 Å². The Morgan fingerprint density at radius 3 is 2.67 bits per heavy atom. The molecule has 0 saturated heterocycles. The van der Waals surface area contributed by atoms with Crippen LogP contribution in [0.15, 0.2) is 28.7 Å². The highest BCUT2D eigenvalue weighted by atomic mass is 79.9. The van der Waals surface area contributed by atoms with E-state index in [9.17, 15) is 4.79 Å². The minimum absolute atomic E-state index is 0.216. The number of ether oxygens (including phenoxy) is 1. The van der Waals surface area contributed by atoms with Gasteiger partial charge in [-0.25, -0.2) is 0 Å². The Labute approximate surface area is 120 Å². The molecule has 0 spiro atoms. The van der Waals surface area contributed by atoms with Gasteiger partial charge in [0, 0.05) is 30.3 Å². The fourth-order valence-electron chi connectivity index (χ4n) is 1.24. The van der Waals surface area contributed by atoms with Crippen molar-refractivity contribution in [2.75, 3.05) is 20.3 Å². The number of amides is 1. The highest BCUT2D eigenvalue weighted by Gasteiger charge is 2.06. The summed E-state index contributed by atoms with van der Waals surface area (Å²) < 4.78 is 5.84. The summed E-state index contributed by atoms with van der Waals surface area (Å²) >= 11 is 8.33. The molecule has 0 unspecified atom stereocenters. The summed E-state index contributed by atoms with van der Waals surface area (Å²) in [4.78, 5) is 11.8. The number of hydrogen-bond donors (Lipinski definition) is 2. The van der Waals surface area contributed by atoms with E-state index in [1.54, 1.807) is 19.2 Å². The SMILES string of the molecule is COCCCNC(=S)NC(=O)c1ccc(Br)cc1. The number of carbonyl (C=O) groups excluding carboxylic acids is 1. The van der Waals surface area contributed by atoms with Gasteiger partial charge in [0.1, 0.15) is 0 Å². The first-order valence-corrected chi connectivity index (χ1v) is 6.67. The van der Waals surface area contributed by atoms with E-state index in [1.807, 2.05) is 12.1 Å². The Hall–Kier alpha value is -0.980. The molecule has 4 nitrogen and oxygen atoms in total. The first-order valence-electron chi connectivity index (χ1n) is 5.47. The number of hydrogen-bond acceptors (Lipinski definition) is 3. The van der Waals surface area contributed by atoms with E-state index >= 15 is 0 Å². The zero-order valence-electron chi connectivity index (χ0n) is 10.0. The molecule has 18 heavy (non-hydrogen) atoms. The minimum atomic E-state index is -0.216. The third kappa shape index (κ3) is 5.57. The molecule has 0 fully saturated rings. The van der Waals surface area contributed by atoms with Gasteiger partial charge in [-0.2, -0.15) is 0 Å². The minimum Gasteiger partial charge on any atom is -0.385 e. The summed E-state index contributed by atoms with van der Waals surface area (Å²) in [6, 6.07) is 7.08. The van der Waals surface area contributed by atoms with Crippen molar-refractivity contribution in [3.63, 3.8) is 0 Å². The smallest absolute Gasteiger partial charge is 0.257 e. The molecule has 0 saturated carbocycles. The third-order valence-corrected chi connectivity index (χ3v) is 2.92. The van der Waals surface area contributed by atoms with Gasteiger partial charge in [0.2, 0.25) is 0 Å². The second-order valence-corrected chi connectivity index (χ2v) is 4.89. The van der Waals surface area contributed by atoms with Crippen molar-refractivity contribution in [1.29, 1.82) is 0 Å². The summed E-state index contributed by atoms with van der Waals surface area (Å²) in [5.41, 5.74) is 0.569. The normalized spacial score (nSPS) is 9.89. The molecule has 98 valence electrons. The Balaban J connectivity index is 2.35. The number of nitrogens with one attached hydrogen (secondary N) is 2. The summed E-state index contributed by atoms with van der Waals surface area (Å²) in [6.45, 7) is 1.34. The predicted molar refractivity (Wildman–Crippen MR) is 78.7 cm³/mol. The van der Waals surface area contributed by atoms with Gasteiger partial charge in [-0.3, -0.25) is 10.1 Å². The molecule has 0 aliphatic carbocycles. The molecule has 6 heteroatoms. The van der Waals surface area contributed by atoms with Crippen molar-refractivity contribution in [2.24, 2.45) is 0 Å². The first-order chi connectivity index (χ1) is 8.63. The maximum absolute atomic E-state index is 11.8. The van der Waals surface area contributed by atoms with E-state index in [0.717, 1.165) is 10.9 Å². The van der Waals surface area contributed by atoms with Crippen LogP contribution in [0, 0.1) is 0 Å². The van der Waals surface area contributed by atoms with Crippen LogP contribution in [0.1, 0.15) is 16.8 Å². The maximum atomic E-state index is 11.8. The lowest BCUT2D eigenvalue weighted by Crippen LogP contribution is -2.39. The molecule has 2 N–H and O–H groups in total. The van der Waals surface area contributed by atoms with Crippen LogP contribution >= 0.6 is 28.1 Å². The lowest BCUT2D eigenvalue weighted by molar-refractivity contribution is 0.0976. The van der Waals surface area contributed by atoms with Crippen molar-refractivity contribution < 1.29 is 9.53 Å². The average Bonchev–Trinajstić information content (AvgIpc) is 2.35. The summed E-state index contributed by atoms with van der Waals surface area (Å²) in [5.74, 6) is -0.216. The first kappa shape index (κ1) is 15.1. The number of benzene rings is 1. The largest absolute Gasteiger partial charge is 0.385 e. The van der Waals surface area contributed by atoms with Gasteiger partial charge in [-0.05, 0) is 42.9 Å². The molecule has 0 aromatic heterocycles. The highest BCUT2D eigenvalue weighted by Crippen LogP contribution is 2.10. The van der Waals surface area contributed by atoms with Crippen LogP contribution < -0.4 is 10.6 Å². The summed E-state index contributed by atoms with van der Waals surface area (Å²) in [5, 5.41) is 5.89. The van der Waals surface area contributed by atoms with Gasteiger partial charge in [-0.1, -0.05) is 15.9 Å². The molecule has 0 radical (unpaired) electrons. The topological polar surface area (TPSA) is 50.4 Å². The molecule has 0 heterocycles. The van der Waals surface area contributed by atoms with Gasteiger partial charge in [-0.15, -0.1) is 0 Å². The second kappa shape index (κ2) is 8.18. The molecular formula is C12H15BrN2O2S. The van der Waals surface area contributed by atoms with Crippen molar-refractivity contribution in [2.45, 2.75) is 6.42 Å². The predicted octanol–water partition coefficient (Wildman–Crippen LogP) is 2.09. The second-order valence-electron chi connectivity index (χ2n) is 3.56. The lowest BCUT2D eigenvalue weighted by Gasteiger charge is -2.09. The molecule has 1 aromatic rings. The van der Waals surface area contributed by atoms with Crippen LogP contribution in [0.25, 0.3) is 0 Å². The van der Waals surface area contributed by atoms with Gasteiger partial charge in [0.05, 0.1) is 0 Å². The summed E-state index contributed by atoms with van der Waals surface area (Å²) in [7, 11) is 1.65. The zero-order chi connectivity index (χ0) is 13.4. The fourth-order valence-corrected chi connectivity index (χ4v) is 1.70. The molecule has 0 aliphatic rings. The molecule has 1 rings (SSSR count). The van der Waals surface area contributed by atoms with E-state index in [-0.39, 0.29) is 5.91 Å². The standard InChI is InChI=1S/C12H15BrN2O2S/c1-17-8-2-7-14-12(18)15-11(16)9-3-5-10(13)6-4-9/h3-6H,2,7-8H2,1H3,(H2,14,15,16,18). The van der Waals surface area contributed by atoms with Crippen LogP contribution in [0.4, 0.5) is 0 Å². The van der Waals surface area contributed by atoms with Crippen molar-refractivity contribution in [3.05, 3.63) is 34.3 Å².